The molecule has 1 spiro atoms. The van der Waals surface area contributed by atoms with Crippen LogP contribution < -0.4 is 29.1 Å². The van der Waals surface area contributed by atoms with Gasteiger partial charge in [-0.3, -0.25) is 9.59 Å². The van der Waals surface area contributed by atoms with Crippen LogP contribution in [0.15, 0.2) is 59.6 Å². The number of aromatic nitrogens is 1. The van der Waals surface area contributed by atoms with E-state index in [2.05, 4.69) is 21.7 Å². The molecular weight excluding hydrogens is 634 g/mol. The first-order chi connectivity index (χ1) is 23.1. The van der Waals surface area contributed by atoms with Crippen LogP contribution in [0.1, 0.15) is 62.1 Å². The van der Waals surface area contributed by atoms with E-state index in [1.54, 1.807) is 19.1 Å². The minimum Gasteiger partial charge on any atom is -0.497 e. The average molecular weight is 674 g/mol. The highest BCUT2D eigenvalue weighted by Gasteiger charge is 2.59. The molecule has 1 unspecified atom stereocenters. The standard InChI is InChI=1S/C35H39N5O7S/c1-4-47-32-26(6-5-17-38-32)35(39-31(41)24-11-13-34(14-12-24)15-18-37-19-16-34)27-20-23(22-36)7-9-28(27)40(33(35)42)48(43,44)30-10-8-25(45-2)21-29(30)46-3/h5-10,17,20-21,24,37H,4,11-16,18-19H2,1-3H3,(H,39,41). The second kappa shape index (κ2) is 13.1. The Morgan fingerprint density at radius 3 is 2.48 bits per heavy atom. The van der Waals surface area contributed by atoms with Gasteiger partial charge < -0.3 is 24.8 Å². The topological polar surface area (TPSA) is 160 Å². The number of amides is 2. The Morgan fingerprint density at radius 1 is 1.06 bits per heavy atom. The zero-order valence-electron chi connectivity index (χ0n) is 27.2. The van der Waals surface area contributed by atoms with E-state index in [4.69, 9.17) is 14.2 Å². The van der Waals surface area contributed by atoms with Gasteiger partial charge in [0, 0.05) is 23.7 Å². The number of nitrogens with zero attached hydrogens (tertiary/aromatic N) is 3. The highest BCUT2D eigenvalue weighted by molar-refractivity contribution is 7.93. The van der Waals surface area contributed by atoms with E-state index < -0.39 is 27.4 Å². The predicted octanol–water partition coefficient (Wildman–Crippen LogP) is 4.02. The molecule has 3 aromatic rings. The Morgan fingerprint density at radius 2 is 1.81 bits per heavy atom. The molecule has 6 rings (SSSR count). The van der Waals surface area contributed by atoms with Crippen molar-refractivity contribution in [2.24, 2.45) is 11.3 Å². The molecule has 0 bridgehead atoms. The molecule has 2 aliphatic heterocycles. The van der Waals surface area contributed by atoms with Crippen LogP contribution >= 0.6 is 0 Å². The Hall–Kier alpha value is -4.67. The molecule has 2 N–H and O–H groups in total. The smallest absolute Gasteiger partial charge is 0.276 e. The molecule has 2 aromatic carbocycles. The van der Waals surface area contributed by atoms with Gasteiger partial charge in [-0.15, -0.1) is 0 Å². The van der Waals surface area contributed by atoms with E-state index >= 15 is 4.79 Å². The number of nitrogens with one attached hydrogen (secondary N) is 2. The van der Waals surface area contributed by atoms with Crippen molar-refractivity contribution in [2.75, 3.05) is 38.2 Å². The summed E-state index contributed by atoms with van der Waals surface area (Å²) in [5.41, 5.74) is -1.45. The van der Waals surface area contributed by atoms with Crippen LogP contribution in [0.2, 0.25) is 0 Å². The first-order valence-corrected chi connectivity index (χ1v) is 17.6. The van der Waals surface area contributed by atoms with E-state index in [9.17, 15) is 18.5 Å². The maximum atomic E-state index is 15.1. The number of anilines is 1. The summed E-state index contributed by atoms with van der Waals surface area (Å²) in [6.07, 6.45) is 6.66. The normalized spacial score (nSPS) is 20.5. The lowest BCUT2D eigenvalue weighted by atomic mass is 9.65. The molecule has 3 aliphatic rings. The molecule has 3 heterocycles. The maximum absolute atomic E-state index is 15.1. The van der Waals surface area contributed by atoms with Gasteiger partial charge in [0.05, 0.1) is 43.7 Å². The van der Waals surface area contributed by atoms with Crippen LogP contribution in [0.3, 0.4) is 0 Å². The van der Waals surface area contributed by atoms with Gasteiger partial charge in [0.1, 0.15) is 16.4 Å². The number of sulfonamides is 1. The first-order valence-electron chi connectivity index (χ1n) is 16.1. The van der Waals surface area contributed by atoms with E-state index in [1.165, 1.54) is 56.8 Å². The van der Waals surface area contributed by atoms with Crippen molar-refractivity contribution in [3.8, 4) is 23.4 Å². The fourth-order valence-electron chi connectivity index (χ4n) is 7.40. The highest BCUT2D eigenvalue weighted by Crippen LogP contribution is 2.51. The van der Waals surface area contributed by atoms with Crippen LogP contribution in [-0.4, -0.2) is 59.1 Å². The molecule has 1 aliphatic carbocycles. The number of methoxy groups -OCH3 is 2. The van der Waals surface area contributed by atoms with E-state index in [0.717, 1.165) is 38.8 Å². The van der Waals surface area contributed by atoms with Gasteiger partial charge in [0.25, 0.3) is 15.9 Å². The molecule has 48 heavy (non-hydrogen) atoms. The molecule has 12 nitrogen and oxygen atoms in total. The summed E-state index contributed by atoms with van der Waals surface area (Å²) < 4.78 is 46.4. The molecule has 1 saturated carbocycles. The summed E-state index contributed by atoms with van der Waals surface area (Å²) >= 11 is 0. The van der Waals surface area contributed by atoms with Gasteiger partial charge >= 0.3 is 0 Å². The van der Waals surface area contributed by atoms with Crippen LogP contribution in [0.25, 0.3) is 0 Å². The molecule has 0 radical (unpaired) electrons. The second-order valence-electron chi connectivity index (χ2n) is 12.5. The third kappa shape index (κ3) is 5.52. The number of pyridine rings is 1. The number of hydrogen-bond acceptors (Lipinski definition) is 10. The largest absolute Gasteiger partial charge is 0.497 e. The number of ether oxygens (including phenoxy) is 3. The Balaban J connectivity index is 1.51. The van der Waals surface area contributed by atoms with Crippen LogP contribution in [-0.2, 0) is 25.2 Å². The van der Waals surface area contributed by atoms with E-state index in [-0.39, 0.29) is 56.8 Å². The zero-order chi connectivity index (χ0) is 34.1. The van der Waals surface area contributed by atoms with Gasteiger partial charge in [-0.05, 0) is 106 Å². The number of fused-ring (bicyclic) bond motifs is 1. The lowest BCUT2D eigenvalue weighted by Crippen LogP contribution is -2.56. The van der Waals surface area contributed by atoms with Crippen LogP contribution in [0, 0.1) is 22.7 Å². The lowest BCUT2D eigenvalue weighted by Gasteiger charge is -2.43. The van der Waals surface area contributed by atoms with Crippen molar-refractivity contribution in [1.82, 2.24) is 15.6 Å². The molecule has 13 heteroatoms. The van der Waals surface area contributed by atoms with Crippen LogP contribution in [0.5, 0.6) is 17.4 Å². The van der Waals surface area contributed by atoms with Gasteiger partial charge in [0.2, 0.25) is 11.8 Å². The summed E-state index contributed by atoms with van der Waals surface area (Å²) in [6.45, 7) is 3.86. The number of hydrogen-bond donors (Lipinski definition) is 2. The van der Waals surface area contributed by atoms with Gasteiger partial charge in [-0.2, -0.15) is 9.57 Å². The molecule has 1 saturated heterocycles. The Kier molecular flexibility index (Phi) is 9.06. The maximum Gasteiger partial charge on any atom is 0.276 e. The average Bonchev–Trinajstić information content (AvgIpc) is 3.36. The summed E-state index contributed by atoms with van der Waals surface area (Å²) in [5, 5.41) is 16.4. The van der Waals surface area contributed by atoms with Gasteiger partial charge in [-0.1, -0.05) is 0 Å². The number of carbonyl (C=O) groups excluding carboxylic acids is 2. The van der Waals surface area contributed by atoms with Gasteiger partial charge in [-0.25, -0.2) is 13.4 Å². The minimum atomic E-state index is -4.67. The summed E-state index contributed by atoms with van der Waals surface area (Å²) in [4.78, 5) is 33.6. The highest BCUT2D eigenvalue weighted by atomic mass is 32.2. The SMILES string of the molecule is CCOc1ncccc1C1(NC(=O)C2CCC3(CCNCC3)CC2)C(=O)N(S(=O)(=O)c2ccc(OC)cc2OC)c2ccc(C#N)cc21. The van der Waals surface area contributed by atoms with E-state index in [0.29, 0.717) is 22.9 Å². The number of benzene rings is 2. The third-order valence-corrected chi connectivity index (χ3v) is 11.7. The summed E-state index contributed by atoms with van der Waals surface area (Å²) in [7, 11) is -1.91. The number of carbonyl (C=O) groups is 2. The fourth-order valence-corrected chi connectivity index (χ4v) is 9.00. The van der Waals surface area contributed by atoms with Crippen molar-refractivity contribution in [2.45, 2.75) is 55.9 Å². The minimum absolute atomic E-state index is 0.0132. The number of rotatable bonds is 9. The van der Waals surface area contributed by atoms with Gasteiger partial charge in [0.15, 0.2) is 5.54 Å². The fraction of sp³-hybridized carbons (Fsp3) is 0.429. The number of nitriles is 1. The van der Waals surface area contributed by atoms with Crippen molar-refractivity contribution in [1.29, 1.82) is 5.26 Å². The molecule has 252 valence electrons. The van der Waals surface area contributed by atoms with E-state index in [1.807, 2.05) is 0 Å². The monoisotopic (exact) mass is 673 g/mol. The molecule has 1 aromatic heterocycles. The van der Waals surface area contributed by atoms with Crippen LogP contribution in [0.4, 0.5) is 5.69 Å². The first kappa shape index (κ1) is 33.2. The van der Waals surface area contributed by atoms with Crippen molar-refractivity contribution in [3.05, 3.63) is 71.4 Å². The predicted molar refractivity (Wildman–Crippen MR) is 176 cm³/mol. The lowest BCUT2D eigenvalue weighted by molar-refractivity contribution is -0.133. The molecule has 2 amide bonds. The molecular formula is C35H39N5O7S. The quantitative estimate of drug-likeness (QED) is 0.340. The number of piperidine rings is 1. The Bertz CT molecular complexity index is 1880. The van der Waals surface area contributed by atoms with Crippen molar-refractivity contribution < 1.29 is 32.2 Å². The second-order valence-corrected chi connectivity index (χ2v) is 14.2. The third-order valence-electron chi connectivity index (χ3n) is 9.99. The van der Waals surface area contributed by atoms with Crippen molar-refractivity contribution >= 4 is 27.5 Å². The van der Waals surface area contributed by atoms with Crippen molar-refractivity contribution in [3.63, 3.8) is 0 Å². The zero-order valence-corrected chi connectivity index (χ0v) is 28.1. The molecule has 2 fully saturated rings. The Labute approximate surface area is 280 Å². The summed E-state index contributed by atoms with van der Waals surface area (Å²) in [6, 6.07) is 13.7. The molecule has 1 atom stereocenters. The summed E-state index contributed by atoms with van der Waals surface area (Å²) in [5.74, 6) is -1.37.